The van der Waals surface area contributed by atoms with E-state index in [4.69, 9.17) is 16.3 Å². The Bertz CT molecular complexity index is 951. The summed E-state index contributed by atoms with van der Waals surface area (Å²) in [6.07, 6.45) is 0.903. The number of benzene rings is 2. The third-order valence-electron chi connectivity index (χ3n) is 6.02. The maximum atomic E-state index is 13.0. The van der Waals surface area contributed by atoms with E-state index in [2.05, 4.69) is 0 Å². The topological polar surface area (TPSA) is 70.2 Å². The molecule has 4 rings (SSSR count). The lowest BCUT2D eigenvalue weighted by molar-refractivity contribution is -0.138. The molecule has 0 aliphatic carbocycles. The number of halogens is 1. The number of amides is 3. The van der Waals surface area contributed by atoms with Crippen LogP contribution in [0.4, 0.5) is 4.79 Å². The summed E-state index contributed by atoms with van der Waals surface area (Å²) in [4.78, 5) is 43.2. The van der Waals surface area contributed by atoms with Crippen molar-refractivity contribution in [2.45, 2.75) is 12.8 Å². The highest BCUT2D eigenvalue weighted by Gasteiger charge is 2.33. The minimum atomic E-state index is -0.391. The summed E-state index contributed by atoms with van der Waals surface area (Å²) in [5, 5.41) is 0.597. The number of likely N-dealkylation sites (tertiary alicyclic amines) is 1. The van der Waals surface area contributed by atoms with E-state index >= 15 is 0 Å². The summed E-state index contributed by atoms with van der Waals surface area (Å²) < 4.78 is 5.38. The van der Waals surface area contributed by atoms with Crippen LogP contribution >= 0.6 is 11.6 Å². The van der Waals surface area contributed by atoms with Gasteiger partial charge in [-0.25, -0.2) is 4.79 Å². The summed E-state index contributed by atoms with van der Waals surface area (Å²) in [7, 11) is 0. The molecule has 2 aromatic carbocycles. The summed E-state index contributed by atoms with van der Waals surface area (Å²) in [6, 6.07) is 15.8. The first-order chi connectivity index (χ1) is 15.5. The van der Waals surface area contributed by atoms with E-state index in [1.165, 1.54) is 0 Å². The maximum absolute atomic E-state index is 13.0. The molecule has 0 spiro atoms. The SMILES string of the molecule is O=C(Oc1ccccc1)N1CCN(C(=O)C2CCN(C(=O)c3ccc(Cl)cc3)CC2)CC1. The molecule has 2 fully saturated rings. The highest BCUT2D eigenvalue weighted by Crippen LogP contribution is 2.23. The number of hydrogen-bond acceptors (Lipinski definition) is 4. The maximum Gasteiger partial charge on any atom is 0.415 e. The Morgan fingerprint density at radius 3 is 1.97 bits per heavy atom. The van der Waals surface area contributed by atoms with Crippen molar-refractivity contribution in [1.82, 2.24) is 14.7 Å². The van der Waals surface area contributed by atoms with Crippen molar-refractivity contribution >= 4 is 29.5 Å². The van der Waals surface area contributed by atoms with Crippen LogP contribution in [0.3, 0.4) is 0 Å². The van der Waals surface area contributed by atoms with E-state index in [9.17, 15) is 14.4 Å². The second-order valence-corrected chi connectivity index (χ2v) is 8.50. The van der Waals surface area contributed by atoms with Crippen molar-refractivity contribution in [2.24, 2.45) is 5.92 Å². The normalized spacial score (nSPS) is 17.2. The van der Waals surface area contributed by atoms with Gasteiger partial charge in [0, 0.05) is 55.8 Å². The molecular weight excluding hydrogens is 430 g/mol. The second-order valence-electron chi connectivity index (χ2n) is 8.07. The third-order valence-corrected chi connectivity index (χ3v) is 6.27. The third kappa shape index (κ3) is 5.22. The van der Waals surface area contributed by atoms with E-state index in [0.717, 1.165) is 0 Å². The molecule has 2 aliphatic heterocycles. The van der Waals surface area contributed by atoms with Crippen molar-refractivity contribution in [1.29, 1.82) is 0 Å². The Kier molecular flexibility index (Phi) is 6.95. The minimum absolute atomic E-state index is 0.0295. The molecule has 8 heteroatoms. The lowest BCUT2D eigenvalue weighted by Crippen LogP contribution is -2.53. The highest BCUT2D eigenvalue weighted by atomic mass is 35.5. The predicted molar refractivity (Wildman–Crippen MR) is 121 cm³/mol. The van der Waals surface area contributed by atoms with E-state index in [1.807, 2.05) is 23.1 Å². The van der Waals surface area contributed by atoms with Gasteiger partial charge in [-0.2, -0.15) is 0 Å². The molecule has 0 N–H and O–H groups in total. The van der Waals surface area contributed by atoms with Gasteiger partial charge < -0.3 is 19.4 Å². The van der Waals surface area contributed by atoms with Gasteiger partial charge in [-0.15, -0.1) is 0 Å². The van der Waals surface area contributed by atoms with Gasteiger partial charge >= 0.3 is 6.09 Å². The largest absolute Gasteiger partial charge is 0.415 e. The Hall–Kier alpha value is -3.06. The molecule has 0 radical (unpaired) electrons. The van der Waals surface area contributed by atoms with Crippen LogP contribution in [0.2, 0.25) is 5.02 Å². The molecule has 32 heavy (non-hydrogen) atoms. The van der Waals surface area contributed by atoms with Gasteiger partial charge in [0.15, 0.2) is 0 Å². The fourth-order valence-electron chi connectivity index (χ4n) is 4.13. The second kappa shape index (κ2) is 10.0. The van der Waals surface area contributed by atoms with Gasteiger partial charge in [-0.3, -0.25) is 9.59 Å². The highest BCUT2D eigenvalue weighted by molar-refractivity contribution is 6.30. The van der Waals surface area contributed by atoms with Gasteiger partial charge in [0.25, 0.3) is 5.91 Å². The van der Waals surface area contributed by atoms with Crippen molar-refractivity contribution in [2.75, 3.05) is 39.3 Å². The van der Waals surface area contributed by atoms with Gasteiger partial charge in [0.1, 0.15) is 5.75 Å². The van der Waals surface area contributed by atoms with Crippen molar-refractivity contribution in [3.63, 3.8) is 0 Å². The Morgan fingerprint density at radius 2 is 1.34 bits per heavy atom. The molecule has 168 valence electrons. The quantitative estimate of drug-likeness (QED) is 0.709. The van der Waals surface area contributed by atoms with Crippen molar-refractivity contribution < 1.29 is 19.1 Å². The summed E-state index contributed by atoms with van der Waals surface area (Å²) >= 11 is 5.90. The van der Waals surface area contributed by atoms with Crippen LogP contribution in [0.25, 0.3) is 0 Å². The zero-order chi connectivity index (χ0) is 22.5. The van der Waals surface area contributed by atoms with Crippen LogP contribution in [0.1, 0.15) is 23.2 Å². The van der Waals surface area contributed by atoms with E-state index in [0.29, 0.717) is 68.4 Å². The zero-order valence-corrected chi connectivity index (χ0v) is 18.5. The fraction of sp³-hybridized carbons (Fsp3) is 0.375. The standard InChI is InChI=1S/C24H26ClN3O4/c25-20-8-6-18(7-9-20)22(29)26-12-10-19(11-13-26)23(30)27-14-16-28(17-15-27)24(31)32-21-4-2-1-3-5-21/h1-9,19H,10-17H2. The Morgan fingerprint density at radius 1 is 0.750 bits per heavy atom. The molecule has 2 saturated heterocycles. The van der Waals surface area contributed by atoms with Crippen LogP contribution in [0.15, 0.2) is 54.6 Å². The first-order valence-corrected chi connectivity index (χ1v) is 11.2. The average molecular weight is 456 g/mol. The van der Waals surface area contributed by atoms with Crippen molar-refractivity contribution in [3.8, 4) is 5.75 Å². The van der Waals surface area contributed by atoms with Gasteiger partial charge in [0.05, 0.1) is 0 Å². The Labute approximate surface area is 192 Å². The number of para-hydroxylation sites is 1. The molecule has 2 aliphatic rings. The first-order valence-electron chi connectivity index (χ1n) is 10.9. The number of nitrogens with zero attached hydrogens (tertiary/aromatic N) is 3. The van der Waals surface area contributed by atoms with E-state index in [-0.39, 0.29) is 17.7 Å². The van der Waals surface area contributed by atoms with Crippen LogP contribution in [-0.4, -0.2) is 71.9 Å². The molecule has 2 heterocycles. The summed E-state index contributed by atoms with van der Waals surface area (Å²) in [6.45, 7) is 3.00. The minimum Gasteiger partial charge on any atom is -0.410 e. The number of carbonyl (C=O) groups excluding carboxylic acids is 3. The molecular formula is C24H26ClN3O4. The molecule has 0 aromatic heterocycles. The van der Waals surface area contributed by atoms with Crippen molar-refractivity contribution in [3.05, 3.63) is 65.2 Å². The van der Waals surface area contributed by atoms with E-state index < -0.39 is 6.09 Å². The van der Waals surface area contributed by atoms with Crippen LogP contribution < -0.4 is 4.74 Å². The zero-order valence-electron chi connectivity index (χ0n) is 17.8. The van der Waals surface area contributed by atoms with Crippen LogP contribution in [-0.2, 0) is 4.79 Å². The summed E-state index contributed by atoms with van der Waals surface area (Å²) in [5.41, 5.74) is 0.609. The van der Waals surface area contributed by atoms with Crippen LogP contribution in [0.5, 0.6) is 5.75 Å². The first kappa shape index (κ1) is 22.1. The fourth-order valence-corrected chi connectivity index (χ4v) is 4.25. The number of ether oxygens (including phenoxy) is 1. The number of piperazine rings is 1. The number of carbonyl (C=O) groups is 3. The van der Waals surface area contributed by atoms with Gasteiger partial charge in [-0.1, -0.05) is 29.8 Å². The van der Waals surface area contributed by atoms with Crippen LogP contribution in [0, 0.1) is 5.92 Å². The lowest BCUT2D eigenvalue weighted by Gasteiger charge is -2.38. The van der Waals surface area contributed by atoms with Gasteiger partial charge in [-0.05, 0) is 49.2 Å². The number of piperidine rings is 1. The number of rotatable bonds is 3. The summed E-state index contributed by atoms with van der Waals surface area (Å²) in [5.74, 6) is 0.501. The molecule has 0 saturated carbocycles. The molecule has 0 bridgehead atoms. The molecule has 2 aromatic rings. The molecule has 7 nitrogen and oxygen atoms in total. The molecule has 0 unspecified atom stereocenters. The lowest BCUT2D eigenvalue weighted by atomic mass is 9.94. The van der Waals surface area contributed by atoms with E-state index in [1.54, 1.807) is 46.2 Å². The van der Waals surface area contributed by atoms with Gasteiger partial charge in [0.2, 0.25) is 5.91 Å². The monoisotopic (exact) mass is 455 g/mol. The average Bonchev–Trinajstić information content (AvgIpc) is 2.84. The number of hydrogen-bond donors (Lipinski definition) is 0. The molecule has 0 atom stereocenters. The smallest absolute Gasteiger partial charge is 0.410 e. The Balaban J connectivity index is 1.23. The molecule has 3 amide bonds. The predicted octanol–water partition coefficient (Wildman–Crippen LogP) is 3.54.